The molecule has 3 aromatic rings. The van der Waals surface area contributed by atoms with Crippen molar-refractivity contribution < 1.29 is 38.4 Å². The fourth-order valence-corrected chi connectivity index (χ4v) is 12.1. The summed E-state index contributed by atoms with van der Waals surface area (Å²) in [4.78, 5) is 43.7. The van der Waals surface area contributed by atoms with E-state index >= 15 is 0 Å². The Kier molecular flexibility index (Phi) is 25.2. The number of rotatable bonds is 12. The van der Waals surface area contributed by atoms with Gasteiger partial charge in [-0.3, -0.25) is 29.1 Å². The van der Waals surface area contributed by atoms with Crippen molar-refractivity contribution in [2.75, 3.05) is 35.3 Å². The van der Waals surface area contributed by atoms with Crippen molar-refractivity contribution in [2.24, 2.45) is 16.2 Å². The van der Waals surface area contributed by atoms with Crippen LogP contribution in [0.15, 0.2) is 0 Å². The van der Waals surface area contributed by atoms with Gasteiger partial charge in [-0.15, -0.1) is 32.9 Å². The molecule has 0 spiro atoms. The molecule has 0 aliphatic heterocycles. The van der Waals surface area contributed by atoms with Crippen molar-refractivity contribution in [2.45, 2.75) is 253 Å². The number of aryl methyl sites for hydroxylation is 4. The first kappa shape index (κ1) is 72.7. The second-order valence-corrected chi connectivity index (χ2v) is 30.1. The zero-order chi connectivity index (χ0) is 57.4. The summed E-state index contributed by atoms with van der Waals surface area (Å²) in [5.41, 5.74) is 4.69. The molecule has 1 atom stereocenters. The minimum absolute atomic E-state index is 0. The van der Waals surface area contributed by atoms with Gasteiger partial charge < -0.3 is 16.4 Å². The molecule has 0 bridgehead atoms. The number of ketones is 1. The molecule has 1 amide bonds. The topological polar surface area (TPSA) is 76.6 Å². The summed E-state index contributed by atoms with van der Waals surface area (Å²) >= 11 is 5.09. The van der Waals surface area contributed by atoms with Gasteiger partial charge in [0.25, 0.3) is 5.91 Å². The number of hydrogen-bond acceptors (Lipinski definition) is 10. The average Bonchev–Trinajstić information content (AvgIpc) is 3.78. The zero-order valence-corrected chi connectivity index (χ0v) is 56.1. The monoisotopic (exact) mass is 1050 g/mol. The van der Waals surface area contributed by atoms with Crippen LogP contribution in [0.2, 0.25) is 0 Å². The Hall–Kier alpha value is -1.36. The van der Waals surface area contributed by atoms with E-state index in [1.54, 1.807) is 41.1 Å². The minimum atomic E-state index is -0.899. The van der Waals surface area contributed by atoms with Crippen LogP contribution in [-0.2, 0) is 15.2 Å². The van der Waals surface area contributed by atoms with Crippen LogP contribution in [0.25, 0.3) is 0 Å². The molecule has 0 saturated carbocycles. The van der Waals surface area contributed by atoms with Gasteiger partial charge in [-0.1, -0.05) is 48.5 Å². The normalized spacial score (nSPS) is 14.2. The molecular weight excluding hydrogens is 944 g/mol. The number of amides is 1. The summed E-state index contributed by atoms with van der Waals surface area (Å²) in [5.74, 6) is 0.235. The predicted molar refractivity (Wildman–Crippen MR) is 314 cm³/mol. The van der Waals surface area contributed by atoms with Crippen LogP contribution in [0, 0.1) is 83.9 Å². The first-order valence-electron chi connectivity index (χ1n) is 25.6. The number of thiophene rings is 3. The van der Waals surface area contributed by atoms with E-state index in [0.29, 0.717) is 0 Å². The molecule has 3 rings (SSSR count). The Labute approximate surface area is 469 Å². The predicted octanol–water partition coefficient (Wildman–Crippen LogP) is 12.8. The van der Waals surface area contributed by atoms with Crippen LogP contribution in [0.4, 0.5) is 0 Å². The number of aliphatic hydroxyl groups is 1. The molecule has 8 nitrogen and oxygen atoms in total. The Morgan fingerprint density at radius 2 is 0.833 bits per heavy atom. The third-order valence-electron chi connectivity index (χ3n) is 18.5. The van der Waals surface area contributed by atoms with Crippen LogP contribution in [-0.4, -0.2) is 105 Å². The average molecular weight is 1050 g/mol. The van der Waals surface area contributed by atoms with Gasteiger partial charge in [-0.05, 0) is 210 Å². The molecule has 0 unspecified atom stereocenters. The summed E-state index contributed by atoms with van der Waals surface area (Å²) in [6.07, 6.45) is 0. The maximum atomic E-state index is 13.3. The molecule has 0 fully saturated rings. The Bertz CT molecular complexity index is 2230. The molecule has 3 aromatic heterocycles. The van der Waals surface area contributed by atoms with Crippen LogP contribution in [0.5, 0.6) is 0 Å². The quantitative estimate of drug-likeness (QED) is 0.0838. The molecule has 0 aliphatic carbocycles. The van der Waals surface area contributed by atoms with E-state index in [2.05, 4.69) is 235 Å². The van der Waals surface area contributed by atoms with Gasteiger partial charge in [-0.2, -0.15) is 11.1 Å². The fourth-order valence-electron chi connectivity index (χ4n) is 8.69. The van der Waals surface area contributed by atoms with E-state index in [-0.39, 0.29) is 69.2 Å². The molecule has 0 saturated heterocycles. The van der Waals surface area contributed by atoms with E-state index in [1.165, 1.54) is 54.6 Å². The smallest absolute Gasteiger partial charge is 0.384 e. The molecule has 12 heteroatoms. The molecular formula is C60H109LiN4O4S3. The van der Waals surface area contributed by atoms with Crippen LogP contribution >= 0.6 is 34.0 Å². The molecule has 72 heavy (non-hydrogen) atoms. The molecule has 412 valence electrons. The Balaban J connectivity index is 0. The number of hydrogen-bond donors (Lipinski definition) is 1. The summed E-state index contributed by atoms with van der Waals surface area (Å²) in [7, 11) is 9.50. The van der Waals surface area contributed by atoms with Gasteiger partial charge >= 0.3 is 18.9 Å². The third kappa shape index (κ3) is 15.2. The van der Waals surface area contributed by atoms with E-state index < -0.39 is 16.4 Å². The third-order valence-corrected chi connectivity index (χ3v) is 22.3. The van der Waals surface area contributed by atoms with Crippen LogP contribution in [0.3, 0.4) is 0 Å². The Morgan fingerprint density at radius 3 is 1.10 bits per heavy atom. The number of nitrogens with zero attached hydrogens (tertiary/aromatic N) is 4. The van der Waals surface area contributed by atoms with E-state index in [9.17, 15) is 14.7 Å². The van der Waals surface area contributed by atoms with Gasteiger partial charge in [0.2, 0.25) is 0 Å². The first-order chi connectivity index (χ1) is 31.2. The summed E-state index contributed by atoms with van der Waals surface area (Å²) in [6, 6.07) is 0. The maximum absolute atomic E-state index is 13.3. The zero-order valence-electron chi connectivity index (χ0n) is 53.7. The maximum Gasteiger partial charge on any atom is 1.00 e. The summed E-state index contributed by atoms with van der Waals surface area (Å²) in [6.45, 7) is 66.3. The van der Waals surface area contributed by atoms with Gasteiger partial charge in [-0.25, -0.2) is 5.06 Å². The van der Waals surface area contributed by atoms with Crippen molar-refractivity contribution in [3.8, 4) is 0 Å². The number of Topliss-reactive ketones (excluding diaryl/α,β-unsaturated/α-hetero) is 1. The summed E-state index contributed by atoms with van der Waals surface area (Å²) in [5, 5.41) is 16.1. The second-order valence-electron chi connectivity index (χ2n) is 26.6. The molecule has 3 heterocycles. The van der Waals surface area contributed by atoms with Crippen molar-refractivity contribution >= 4 is 45.7 Å². The van der Waals surface area contributed by atoms with Gasteiger partial charge in [0.15, 0.2) is 5.78 Å². The van der Waals surface area contributed by atoms with Crippen molar-refractivity contribution in [1.82, 2.24) is 19.8 Å². The van der Waals surface area contributed by atoms with Crippen molar-refractivity contribution in [1.29, 1.82) is 0 Å². The molecule has 0 aliphatic rings. The van der Waals surface area contributed by atoms with Crippen LogP contribution in [0.1, 0.15) is 215 Å². The van der Waals surface area contributed by atoms with Crippen molar-refractivity contribution in [3.05, 3.63) is 63.1 Å². The number of carbonyl (C=O) groups is 2. The molecule has 1 N–H and O–H groups in total. The van der Waals surface area contributed by atoms with E-state index in [4.69, 9.17) is 4.84 Å². The van der Waals surface area contributed by atoms with E-state index in [1.807, 2.05) is 20.8 Å². The van der Waals surface area contributed by atoms with E-state index in [0.717, 1.165) is 15.3 Å². The summed E-state index contributed by atoms with van der Waals surface area (Å²) < 4.78 is 0. The largest absolute Gasteiger partial charge is 1.00 e. The molecule has 0 aromatic carbocycles. The molecule has 0 radical (unpaired) electrons. The Morgan fingerprint density at radius 1 is 0.486 bits per heavy atom. The number of hydroxylamine groups is 2. The van der Waals surface area contributed by atoms with Gasteiger partial charge in [0.05, 0.1) is 17.4 Å². The first-order valence-corrected chi connectivity index (χ1v) is 28.0. The fraction of sp³-hybridized carbons (Fsp3) is 0.767. The van der Waals surface area contributed by atoms with Gasteiger partial charge in [0.1, 0.15) is 5.60 Å². The minimum Gasteiger partial charge on any atom is -0.384 e. The standard InChI is InChI=1S/C20H37NOS.C19H33NOS.C14H30N2O2.C7H9S.Li/c1-13-14(2)16(23-15(13)3)20(11,22)18(7,8)19(9,10)21(12)17(4,5)6;1-12-13(2)15(22-14(12)3)16(21)18(7,8)19(9,10)20(11)17(4,5)6;1-12(2,3)16(9)14(6,7)13(4,5)11(17)15(8)18-10;1-5-4-8-7(3)6(5)2;/h22H,1-12H3;1-11H3;1-10H3;1-3H3;/q;;;-1;+1/t20-;;;;/m1..../s1. The SMILES string of the molecule is CON(C)C(=O)C(C)(C)C(C)(C)N(C)C(C)(C)C.Cc1[c-]sc(C)c1C.Cc1sc(C(=O)C(C)(C)C(C)(C)N(C)C(C)(C)C)c(C)c1C.Cc1sc([C@@](C)(O)C(C)(C)C(C)(C)N(C)C(C)(C)C)c(C)c1C.[Li+]. The second kappa shape index (κ2) is 25.0. The van der Waals surface area contributed by atoms with Gasteiger partial charge in [0, 0.05) is 65.7 Å². The number of carbonyl (C=O) groups excluding carboxylic acids is 2. The van der Waals surface area contributed by atoms with Crippen LogP contribution < -0.4 is 18.9 Å². The van der Waals surface area contributed by atoms with Crippen molar-refractivity contribution in [3.63, 3.8) is 0 Å².